The molecule has 196 valence electrons. The van der Waals surface area contributed by atoms with Gasteiger partial charge in [-0.25, -0.2) is 0 Å². The lowest BCUT2D eigenvalue weighted by Crippen LogP contribution is -2.56. The third-order valence-electron chi connectivity index (χ3n) is 8.15. The summed E-state index contributed by atoms with van der Waals surface area (Å²) in [5.41, 5.74) is 2.28. The number of benzene rings is 1. The predicted octanol–water partition coefficient (Wildman–Crippen LogP) is 2.42. The molecule has 1 aromatic heterocycles. The molecule has 0 saturated carbocycles. The number of fused-ring (bicyclic) bond motifs is 1. The van der Waals surface area contributed by atoms with Crippen LogP contribution in [-0.2, 0) is 26.2 Å². The van der Waals surface area contributed by atoms with Gasteiger partial charge in [0.15, 0.2) is 0 Å². The average Bonchev–Trinajstić information content (AvgIpc) is 3.14. The summed E-state index contributed by atoms with van der Waals surface area (Å²) < 4.78 is 0. The van der Waals surface area contributed by atoms with E-state index in [-0.39, 0.29) is 29.7 Å². The molecule has 0 spiro atoms. The van der Waals surface area contributed by atoms with E-state index in [1.807, 2.05) is 66.1 Å². The molecule has 8 nitrogen and oxygen atoms in total. The van der Waals surface area contributed by atoms with Crippen molar-refractivity contribution >= 4 is 23.4 Å². The van der Waals surface area contributed by atoms with E-state index in [0.717, 1.165) is 36.3 Å². The zero-order chi connectivity index (χ0) is 26.0. The van der Waals surface area contributed by atoms with Crippen molar-refractivity contribution in [1.29, 1.82) is 0 Å². The first-order chi connectivity index (χ1) is 17.9. The molecule has 0 radical (unpaired) electrons. The van der Waals surface area contributed by atoms with Gasteiger partial charge >= 0.3 is 0 Å². The molecule has 2 N–H and O–H groups in total. The quantitative estimate of drug-likeness (QED) is 0.632. The molecule has 2 atom stereocenters. The van der Waals surface area contributed by atoms with Crippen LogP contribution in [0.15, 0.2) is 48.7 Å². The fourth-order valence-electron chi connectivity index (χ4n) is 5.96. The number of hydrogen-bond acceptors (Lipinski definition) is 5. The van der Waals surface area contributed by atoms with Gasteiger partial charge < -0.3 is 20.4 Å². The normalized spacial score (nSPS) is 22.4. The Morgan fingerprint density at radius 2 is 1.86 bits per heavy atom. The number of carbonyl (C=O) groups excluding carboxylic acids is 3. The Labute approximate surface area is 218 Å². The molecule has 2 fully saturated rings. The molecule has 3 amide bonds. The molecular formula is C29H37N5O3. The minimum atomic E-state index is -0.658. The van der Waals surface area contributed by atoms with Crippen LogP contribution < -0.4 is 15.5 Å². The molecular weight excluding hydrogens is 466 g/mol. The summed E-state index contributed by atoms with van der Waals surface area (Å²) in [7, 11) is 0. The van der Waals surface area contributed by atoms with Gasteiger partial charge in [0.2, 0.25) is 17.7 Å². The van der Waals surface area contributed by atoms with Gasteiger partial charge in [-0.1, -0.05) is 24.3 Å². The molecule has 0 bridgehead atoms. The highest BCUT2D eigenvalue weighted by Gasteiger charge is 2.47. The fourth-order valence-corrected chi connectivity index (χ4v) is 5.96. The molecule has 2 saturated heterocycles. The maximum Gasteiger partial charge on any atom is 0.245 e. The Hall–Kier alpha value is -3.26. The monoisotopic (exact) mass is 503 g/mol. The topological polar surface area (TPSA) is 94.6 Å². The van der Waals surface area contributed by atoms with Crippen LogP contribution in [0.1, 0.15) is 50.8 Å². The van der Waals surface area contributed by atoms with Crippen LogP contribution in [0.5, 0.6) is 0 Å². The largest absolute Gasteiger partial charge is 0.344 e. The van der Waals surface area contributed by atoms with E-state index in [0.29, 0.717) is 38.9 Å². The van der Waals surface area contributed by atoms with Gasteiger partial charge in [-0.15, -0.1) is 0 Å². The highest BCUT2D eigenvalue weighted by molar-refractivity contribution is 6.08. The Kier molecular flexibility index (Phi) is 7.29. The molecule has 3 aliphatic rings. The number of aromatic nitrogens is 1. The highest BCUT2D eigenvalue weighted by Crippen LogP contribution is 2.43. The van der Waals surface area contributed by atoms with Gasteiger partial charge in [0.05, 0.1) is 11.3 Å². The molecule has 2 unspecified atom stereocenters. The van der Waals surface area contributed by atoms with Gasteiger partial charge in [0, 0.05) is 49.7 Å². The highest BCUT2D eigenvalue weighted by atomic mass is 16.2. The van der Waals surface area contributed by atoms with Gasteiger partial charge in [0.1, 0.15) is 6.04 Å². The lowest BCUT2D eigenvalue weighted by Gasteiger charge is -2.39. The minimum absolute atomic E-state index is 0.0524. The minimum Gasteiger partial charge on any atom is -0.344 e. The summed E-state index contributed by atoms with van der Waals surface area (Å²) in [6.07, 6.45) is 5.27. The van der Waals surface area contributed by atoms with Crippen molar-refractivity contribution in [2.75, 3.05) is 31.1 Å². The van der Waals surface area contributed by atoms with Crippen LogP contribution in [-0.4, -0.2) is 65.9 Å². The summed E-state index contributed by atoms with van der Waals surface area (Å²) in [5, 5.41) is 6.33. The molecule has 2 aromatic rings. The third kappa shape index (κ3) is 5.12. The fraction of sp³-hybridized carbons (Fsp3) is 0.517. The third-order valence-corrected chi connectivity index (χ3v) is 8.15. The zero-order valence-electron chi connectivity index (χ0n) is 21.8. The van der Waals surface area contributed by atoms with Gasteiger partial charge in [-0.3, -0.25) is 19.4 Å². The smallest absolute Gasteiger partial charge is 0.245 e. The number of likely N-dealkylation sites (tertiary alicyclic amines) is 1. The predicted molar refractivity (Wildman–Crippen MR) is 142 cm³/mol. The lowest BCUT2D eigenvalue weighted by molar-refractivity contribution is -0.138. The number of anilines is 1. The number of amides is 3. The molecule has 3 aliphatic heterocycles. The van der Waals surface area contributed by atoms with E-state index >= 15 is 0 Å². The lowest BCUT2D eigenvalue weighted by atomic mass is 9.86. The zero-order valence-corrected chi connectivity index (χ0v) is 21.8. The number of piperidine rings is 2. The van der Waals surface area contributed by atoms with Crippen LogP contribution in [0.2, 0.25) is 0 Å². The van der Waals surface area contributed by atoms with Crippen molar-refractivity contribution < 1.29 is 14.4 Å². The standard InChI is InChI=1S/C29H37N5O3/c1-29(2)23-10-3-4-11-25(23)34(28(29)37)22-12-16-33(17-13-22)27(36)24(18-21-9-5-6-15-31-21)32-26(35)20-8-7-14-30-19-20/h3-6,9-11,15,20,22,24,30H,7-8,12-14,16-19H2,1-2H3,(H,32,35). The summed E-state index contributed by atoms with van der Waals surface area (Å²) in [4.78, 5) is 48.3. The summed E-state index contributed by atoms with van der Waals surface area (Å²) >= 11 is 0. The summed E-state index contributed by atoms with van der Waals surface area (Å²) in [6.45, 7) is 6.64. The Balaban J connectivity index is 1.27. The van der Waals surface area contributed by atoms with Crippen LogP contribution in [0.3, 0.4) is 0 Å². The average molecular weight is 504 g/mol. The Bertz CT molecular complexity index is 1140. The van der Waals surface area contributed by atoms with E-state index in [1.165, 1.54) is 0 Å². The maximum atomic E-state index is 13.7. The maximum absolute atomic E-state index is 13.7. The summed E-state index contributed by atoms with van der Waals surface area (Å²) in [6, 6.07) is 13.1. The number of rotatable bonds is 6. The van der Waals surface area contributed by atoms with Crippen LogP contribution >= 0.6 is 0 Å². The molecule has 1 aromatic carbocycles. The second-order valence-corrected chi connectivity index (χ2v) is 11.0. The number of nitrogens with one attached hydrogen (secondary N) is 2. The van der Waals surface area contributed by atoms with Crippen molar-refractivity contribution in [2.24, 2.45) is 5.92 Å². The van der Waals surface area contributed by atoms with Crippen molar-refractivity contribution in [1.82, 2.24) is 20.5 Å². The van der Waals surface area contributed by atoms with Crippen molar-refractivity contribution in [2.45, 2.75) is 63.5 Å². The molecule has 4 heterocycles. The Morgan fingerprint density at radius 3 is 2.57 bits per heavy atom. The van der Waals surface area contributed by atoms with Crippen LogP contribution in [0.4, 0.5) is 5.69 Å². The van der Waals surface area contributed by atoms with E-state index < -0.39 is 11.5 Å². The molecule has 37 heavy (non-hydrogen) atoms. The Morgan fingerprint density at radius 1 is 1.11 bits per heavy atom. The van der Waals surface area contributed by atoms with Gasteiger partial charge in [0.25, 0.3) is 0 Å². The second kappa shape index (κ2) is 10.6. The van der Waals surface area contributed by atoms with Crippen LogP contribution in [0, 0.1) is 5.92 Å². The van der Waals surface area contributed by atoms with Gasteiger partial charge in [-0.05, 0) is 69.8 Å². The number of nitrogens with zero attached hydrogens (tertiary/aromatic N) is 3. The summed E-state index contributed by atoms with van der Waals surface area (Å²) in [5.74, 6) is -0.143. The van der Waals surface area contributed by atoms with Crippen molar-refractivity contribution in [3.8, 4) is 0 Å². The van der Waals surface area contributed by atoms with E-state index in [1.54, 1.807) is 6.20 Å². The number of para-hydroxylation sites is 1. The van der Waals surface area contributed by atoms with E-state index in [2.05, 4.69) is 15.6 Å². The number of pyridine rings is 1. The number of carbonyl (C=O) groups is 3. The second-order valence-electron chi connectivity index (χ2n) is 11.0. The number of hydrogen-bond donors (Lipinski definition) is 2. The van der Waals surface area contributed by atoms with Crippen molar-refractivity contribution in [3.63, 3.8) is 0 Å². The van der Waals surface area contributed by atoms with E-state index in [4.69, 9.17) is 0 Å². The molecule has 8 heteroatoms. The first-order valence-electron chi connectivity index (χ1n) is 13.5. The first kappa shape index (κ1) is 25.4. The first-order valence-corrected chi connectivity index (χ1v) is 13.5. The van der Waals surface area contributed by atoms with Crippen LogP contribution in [0.25, 0.3) is 0 Å². The molecule has 5 rings (SSSR count). The molecule has 0 aliphatic carbocycles. The van der Waals surface area contributed by atoms with Gasteiger partial charge in [-0.2, -0.15) is 0 Å². The van der Waals surface area contributed by atoms with Crippen molar-refractivity contribution in [3.05, 3.63) is 59.9 Å². The SMILES string of the molecule is CC1(C)C(=O)N(C2CCN(C(=O)C(Cc3ccccn3)NC(=O)C3CCCNC3)CC2)c2ccccc21. The van der Waals surface area contributed by atoms with E-state index in [9.17, 15) is 14.4 Å².